The molecule has 0 unspecified atom stereocenters. The second kappa shape index (κ2) is 6.18. The summed E-state index contributed by atoms with van der Waals surface area (Å²) in [4.78, 5) is 4.09. The quantitative estimate of drug-likeness (QED) is 0.848. The molecule has 1 aromatic carbocycles. The van der Waals surface area contributed by atoms with E-state index in [9.17, 15) is 0 Å². The number of aromatic nitrogens is 2. The zero-order valence-electron chi connectivity index (χ0n) is 12.5. The number of aryl methyl sites for hydroxylation is 1. The van der Waals surface area contributed by atoms with Crippen molar-refractivity contribution in [2.24, 2.45) is 7.05 Å². The van der Waals surface area contributed by atoms with Gasteiger partial charge in [-0.1, -0.05) is 6.07 Å². The first-order valence-electron chi connectivity index (χ1n) is 7.24. The predicted molar refractivity (Wildman–Crippen MR) is 80.4 cm³/mol. The smallest absolute Gasteiger partial charge is 0.162 e. The molecule has 1 aliphatic carbocycles. The molecule has 112 valence electrons. The first kappa shape index (κ1) is 13.9. The molecule has 0 saturated heterocycles. The summed E-state index contributed by atoms with van der Waals surface area (Å²) in [5.74, 6) is 1.53. The van der Waals surface area contributed by atoms with E-state index in [1.54, 1.807) is 13.4 Å². The molecule has 0 amide bonds. The van der Waals surface area contributed by atoms with E-state index in [-0.39, 0.29) is 0 Å². The summed E-state index contributed by atoms with van der Waals surface area (Å²) >= 11 is 0. The Morgan fingerprint density at radius 2 is 2.19 bits per heavy atom. The van der Waals surface area contributed by atoms with Gasteiger partial charge in [0.15, 0.2) is 11.5 Å². The van der Waals surface area contributed by atoms with Crippen LogP contribution in [0.1, 0.15) is 24.1 Å². The summed E-state index contributed by atoms with van der Waals surface area (Å²) in [5, 5.41) is 3.51. The lowest BCUT2D eigenvalue weighted by Gasteiger charge is -2.13. The van der Waals surface area contributed by atoms with Crippen LogP contribution in [-0.2, 0) is 20.2 Å². The van der Waals surface area contributed by atoms with Crippen molar-refractivity contribution in [3.05, 3.63) is 42.0 Å². The van der Waals surface area contributed by atoms with Gasteiger partial charge in [0, 0.05) is 19.6 Å². The topological polar surface area (TPSA) is 48.3 Å². The molecular formula is C16H21N3O2. The summed E-state index contributed by atoms with van der Waals surface area (Å²) < 4.78 is 13.2. The maximum absolute atomic E-state index is 5.90. The van der Waals surface area contributed by atoms with Crippen LogP contribution in [0, 0.1) is 0 Å². The second-order valence-electron chi connectivity index (χ2n) is 5.42. The highest BCUT2D eigenvalue weighted by atomic mass is 16.5. The van der Waals surface area contributed by atoms with Crippen molar-refractivity contribution in [1.29, 1.82) is 0 Å². The lowest BCUT2D eigenvalue weighted by atomic mass is 10.2. The zero-order valence-corrected chi connectivity index (χ0v) is 12.5. The normalized spacial score (nSPS) is 14.2. The number of benzene rings is 1. The number of imidazole rings is 1. The third kappa shape index (κ3) is 3.55. The summed E-state index contributed by atoms with van der Waals surface area (Å²) in [6.45, 7) is 1.35. The molecule has 0 radical (unpaired) electrons. The van der Waals surface area contributed by atoms with Crippen LogP contribution < -0.4 is 14.8 Å². The third-order valence-electron chi connectivity index (χ3n) is 3.69. The molecule has 2 aromatic rings. The molecule has 0 bridgehead atoms. The van der Waals surface area contributed by atoms with E-state index in [0.29, 0.717) is 12.6 Å². The number of hydrogen-bond acceptors (Lipinski definition) is 4. The molecule has 1 heterocycles. The monoisotopic (exact) mass is 287 g/mol. The van der Waals surface area contributed by atoms with E-state index in [1.807, 2.05) is 29.9 Å². The molecule has 0 spiro atoms. The minimum absolute atomic E-state index is 0.479. The second-order valence-corrected chi connectivity index (χ2v) is 5.42. The van der Waals surface area contributed by atoms with Gasteiger partial charge in [-0.2, -0.15) is 0 Å². The number of hydrogen-bond donors (Lipinski definition) is 1. The Morgan fingerprint density at radius 3 is 2.86 bits per heavy atom. The van der Waals surface area contributed by atoms with Crippen molar-refractivity contribution in [1.82, 2.24) is 14.9 Å². The Kier molecular flexibility index (Phi) is 4.10. The first-order chi connectivity index (χ1) is 10.3. The van der Waals surface area contributed by atoms with Crippen molar-refractivity contribution in [3.63, 3.8) is 0 Å². The maximum Gasteiger partial charge on any atom is 0.162 e. The van der Waals surface area contributed by atoms with Crippen LogP contribution >= 0.6 is 0 Å². The van der Waals surface area contributed by atoms with Gasteiger partial charge in [-0.15, -0.1) is 0 Å². The molecule has 1 aromatic heterocycles. The fourth-order valence-electron chi connectivity index (χ4n) is 2.17. The first-order valence-corrected chi connectivity index (χ1v) is 7.24. The highest BCUT2D eigenvalue weighted by Gasteiger charge is 2.20. The highest BCUT2D eigenvalue weighted by Crippen LogP contribution is 2.29. The molecule has 1 saturated carbocycles. The molecule has 1 N–H and O–H groups in total. The molecule has 5 heteroatoms. The molecule has 1 aliphatic rings. The highest BCUT2D eigenvalue weighted by molar-refractivity contribution is 5.43. The van der Waals surface area contributed by atoms with Crippen LogP contribution in [0.5, 0.6) is 11.5 Å². The molecule has 21 heavy (non-hydrogen) atoms. The SMILES string of the molecule is COc1ccc(CNC2CC2)cc1OCc1cncn1C. The molecule has 0 aliphatic heterocycles. The Bertz CT molecular complexity index is 605. The Balaban J connectivity index is 1.68. The number of nitrogens with zero attached hydrogens (tertiary/aromatic N) is 2. The fourth-order valence-corrected chi connectivity index (χ4v) is 2.17. The van der Waals surface area contributed by atoms with Crippen molar-refractivity contribution in [2.75, 3.05) is 7.11 Å². The van der Waals surface area contributed by atoms with Gasteiger partial charge < -0.3 is 19.4 Å². The van der Waals surface area contributed by atoms with E-state index < -0.39 is 0 Å². The van der Waals surface area contributed by atoms with Gasteiger partial charge in [0.1, 0.15) is 6.61 Å². The van der Waals surface area contributed by atoms with Crippen molar-refractivity contribution < 1.29 is 9.47 Å². The molecular weight excluding hydrogens is 266 g/mol. The third-order valence-corrected chi connectivity index (χ3v) is 3.69. The minimum atomic E-state index is 0.479. The van der Waals surface area contributed by atoms with E-state index in [2.05, 4.69) is 16.4 Å². The van der Waals surface area contributed by atoms with E-state index >= 15 is 0 Å². The van der Waals surface area contributed by atoms with Crippen LogP contribution in [0.15, 0.2) is 30.7 Å². The number of rotatable bonds is 7. The van der Waals surface area contributed by atoms with Gasteiger partial charge in [0.05, 0.1) is 25.3 Å². The van der Waals surface area contributed by atoms with Crippen LogP contribution in [0.3, 0.4) is 0 Å². The molecule has 5 nitrogen and oxygen atoms in total. The lowest BCUT2D eigenvalue weighted by molar-refractivity contribution is 0.277. The summed E-state index contributed by atoms with van der Waals surface area (Å²) in [6.07, 6.45) is 6.16. The summed E-state index contributed by atoms with van der Waals surface area (Å²) in [6, 6.07) is 6.78. The number of methoxy groups -OCH3 is 1. The van der Waals surface area contributed by atoms with Crippen molar-refractivity contribution >= 4 is 0 Å². The Morgan fingerprint density at radius 1 is 1.33 bits per heavy atom. The lowest BCUT2D eigenvalue weighted by Crippen LogP contribution is -2.15. The van der Waals surface area contributed by atoms with Gasteiger partial charge in [-0.25, -0.2) is 4.98 Å². The van der Waals surface area contributed by atoms with Gasteiger partial charge in [-0.05, 0) is 30.5 Å². The summed E-state index contributed by atoms with van der Waals surface area (Å²) in [7, 11) is 3.62. The molecule has 1 fully saturated rings. The van der Waals surface area contributed by atoms with Gasteiger partial charge in [0.25, 0.3) is 0 Å². The maximum atomic E-state index is 5.90. The molecule has 3 rings (SSSR count). The van der Waals surface area contributed by atoms with Crippen LogP contribution in [-0.4, -0.2) is 22.7 Å². The van der Waals surface area contributed by atoms with Gasteiger partial charge >= 0.3 is 0 Å². The number of nitrogens with one attached hydrogen (secondary N) is 1. The largest absolute Gasteiger partial charge is 0.493 e. The molecule has 0 atom stereocenters. The average molecular weight is 287 g/mol. The van der Waals surface area contributed by atoms with Gasteiger partial charge in [0.2, 0.25) is 0 Å². The van der Waals surface area contributed by atoms with Crippen molar-refractivity contribution in [3.8, 4) is 11.5 Å². The van der Waals surface area contributed by atoms with E-state index in [1.165, 1.54) is 18.4 Å². The van der Waals surface area contributed by atoms with E-state index in [4.69, 9.17) is 9.47 Å². The number of ether oxygens (including phenoxy) is 2. The van der Waals surface area contributed by atoms with E-state index in [0.717, 1.165) is 23.7 Å². The predicted octanol–water partition coefficient (Wildman–Crippen LogP) is 2.26. The minimum Gasteiger partial charge on any atom is -0.493 e. The van der Waals surface area contributed by atoms with Crippen molar-refractivity contribution in [2.45, 2.75) is 32.0 Å². The van der Waals surface area contributed by atoms with Crippen LogP contribution in [0.4, 0.5) is 0 Å². The average Bonchev–Trinajstić information content (AvgIpc) is 3.25. The Hall–Kier alpha value is -2.01. The zero-order chi connectivity index (χ0) is 14.7. The fraction of sp³-hybridized carbons (Fsp3) is 0.438. The van der Waals surface area contributed by atoms with Gasteiger partial charge in [-0.3, -0.25) is 0 Å². The summed E-state index contributed by atoms with van der Waals surface area (Å²) in [5.41, 5.74) is 2.24. The Labute approximate surface area is 124 Å². The van der Waals surface area contributed by atoms with Crippen LogP contribution in [0.25, 0.3) is 0 Å². The standard InChI is InChI=1S/C16H21N3O2/c1-19-11-17-9-14(19)10-21-16-7-12(3-6-15(16)20-2)8-18-13-4-5-13/h3,6-7,9,11,13,18H,4-5,8,10H2,1-2H3. The van der Waals surface area contributed by atoms with Crippen LogP contribution in [0.2, 0.25) is 0 Å².